The Bertz CT molecular complexity index is 427. The number of nitrogens with one attached hydrogen (secondary N) is 1. The Morgan fingerprint density at radius 1 is 1.50 bits per heavy atom. The summed E-state index contributed by atoms with van der Waals surface area (Å²) >= 11 is 0. The highest BCUT2D eigenvalue weighted by Gasteiger charge is 2.55. The molecule has 18 heavy (non-hydrogen) atoms. The Morgan fingerprint density at radius 3 is 2.44 bits per heavy atom. The first-order chi connectivity index (χ1) is 7.97. The lowest BCUT2D eigenvalue weighted by Gasteiger charge is -2.23. The number of alkyl carbamates (subject to hydrolysis) is 1. The van der Waals surface area contributed by atoms with Crippen molar-refractivity contribution >= 4 is 15.9 Å². The first kappa shape index (κ1) is 15.2. The third kappa shape index (κ3) is 4.45. The van der Waals surface area contributed by atoms with Crippen LogP contribution in [0.1, 0.15) is 27.2 Å². The third-order valence-corrected chi connectivity index (χ3v) is 3.86. The number of carbonyl (C=O) groups excluding carboxylic acids is 1. The minimum Gasteiger partial charge on any atom is -0.444 e. The number of rotatable bonds is 4. The molecule has 1 aliphatic carbocycles. The maximum Gasteiger partial charge on any atom is 0.408 e. The fraction of sp³-hybridized carbons (Fsp3) is 0.909. The first-order valence-electron chi connectivity index (χ1n) is 5.86. The second-order valence-corrected chi connectivity index (χ2v) is 8.17. The molecular formula is C11H22N2O4S. The van der Waals surface area contributed by atoms with Gasteiger partial charge in [-0.3, -0.25) is 0 Å². The van der Waals surface area contributed by atoms with Gasteiger partial charge in [0.1, 0.15) is 15.4 Å². The molecule has 6 nitrogen and oxygen atoms in total. The number of hydrogen-bond acceptors (Lipinski definition) is 5. The minimum atomic E-state index is -3.06. The molecule has 0 bridgehead atoms. The number of nitrogens with two attached hydrogens (primary N) is 1. The Balaban J connectivity index is 2.58. The molecule has 0 radical (unpaired) electrons. The molecule has 0 saturated heterocycles. The topological polar surface area (TPSA) is 98.5 Å². The van der Waals surface area contributed by atoms with Crippen molar-refractivity contribution in [1.29, 1.82) is 0 Å². The maximum absolute atomic E-state index is 11.6. The normalized spacial score (nSPS) is 27.7. The van der Waals surface area contributed by atoms with Crippen LogP contribution in [0.2, 0.25) is 0 Å². The highest BCUT2D eigenvalue weighted by atomic mass is 32.2. The Kier molecular flexibility index (Phi) is 3.97. The summed E-state index contributed by atoms with van der Waals surface area (Å²) in [5, 5.41) is 2.70. The fourth-order valence-electron chi connectivity index (χ4n) is 1.93. The average molecular weight is 278 g/mol. The molecule has 3 N–H and O–H groups in total. The smallest absolute Gasteiger partial charge is 0.408 e. The van der Waals surface area contributed by atoms with Crippen LogP contribution in [-0.4, -0.2) is 44.2 Å². The van der Waals surface area contributed by atoms with Crippen LogP contribution in [0, 0.1) is 5.92 Å². The van der Waals surface area contributed by atoms with Gasteiger partial charge in [-0.2, -0.15) is 0 Å². The van der Waals surface area contributed by atoms with Gasteiger partial charge in [-0.05, 0) is 33.1 Å². The van der Waals surface area contributed by atoms with Crippen molar-refractivity contribution in [2.75, 3.05) is 18.6 Å². The molecule has 0 aromatic carbocycles. The van der Waals surface area contributed by atoms with Crippen LogP contribution in [0.4, 0.5) is 4.79 Å². The van der Waals surface area contributed by atoms with Gasteiger partial charge in [0.2, 0.25) is 0 Å². The number of ether oxygens (including phenoxy) is 1. The molecule has 106 valence electrons. The van der Waals surface area contributed by atoms with Crippen molar-refractivity contribution in [3.8, 4) is 0 Å². The monoisotopic (exact) mass is 278 g/mol. The number of amides is 1. The van der Waals surface area contributed by atoms with Crippen molar-refractivity contribution in [2.45, 2.75) is 38.3 Å². The summed E-state index contributed by atoms with van der Waals surface area (Å²) < 4.78 is 27.6. The van der Waals surface area contributed by atoms with E-state index in [4.69, 9.17) is 10.5 Å². The molecule has 1 aliphatic rings. The Labute approximate surface area is 108 Å². The number of carbonyl (C=O) groups is 1. The van der Waals surface area contributed by atoms with Crippen molar-refractivity contribution in [2.24, 2.45) is 11.7 Å². The van der Waals surface area contributed by atoms with E-state index in [2.05, 4.69) is 5.32 Å². The molecule has 0 aromatic rings. The van der Waals surface area contributed by atoms with Crippen LogP contribution in [0.15, 0.2) is 0 Å². The highest BCUT2D eigenvalue weighted by Crippen LogP contribution is 2.43. The van der Waals surface area contributed by atoms with Gasteiger partial charge >= 0.3 is 6.09 Å². The van der Waals surface area contributed by atoms with E-state index in [0.29, 0.717) is 6.42 Å². The summed E-state index contributed by atoms with van der Waals surface area (Å²) in [6.07, 6.45) is 1.21. The van der Waals surface area contributed by atoms with Crippen LogP contribution in [0.5, 0.6) is 0 Å². The van der Waals surface area contributed by atoms with Crippen LogP contribution < -0.4 is 11.1 Å². The SMILES string of the molecule is CC(C)(C)OC(=O)N[C@@]1(CN)C[C@H]1CS(C)(=O)=O. The van der Waals surface area contributed by atoms with Crippen molar-refractivity contribution in [3.05, 3.63) is 0 Å². The second-order valence-electron chi connectivity index (χ2n) is 5.98. The zero-order chi connectivity index (χ0) is 14.2. The van der Waals surface area contributed by atoms with Crippen LogP contribution in [0.3, 0.4) is 0 Å². The lowest BCUT2D eigenvalue weighted by molar-refractivity contribution is 0.0494. The summed E-state index contributed by atoms with van der Waals surface area (Å²) in [7, 11) is -3.06. The van der Waals surface area contributed by atoms with E-state index in [1.807, 2.05) is 0 Å². The molecule has 1 amide bonds. The van der Waals surface area contributed by atoms with Gasteiger partial charge < -0.3 is 15.8 Å². The van der Waals surface area contributed by atoms with Gasteiger partial charge in [-0.15, -0.1) is 0 Å². The molecule has 0 spiro atoms. The number of sulfone groups is 1. The van der Waals surface area contributed by atoms with E-state index in [1.165, 1.54) is 6.26 Å². The van der Waals surface area contributed by atoms with Gasteiger partial charge in [0, 0.05) is 12.8 Å². The Morgan fingerprint density at radius 2 is 2.06 bits per heavy atom. The predicted molar refractivity (Wildman–Crippen MR) is 69.0 cm³/mol. The fourth-order valence-corrected chi connectivity index (χ4v) is 3.09. The quantitative estimate of drug-likeness (QED) is 0.769. The molecule has 0 unspecified atom stereocenters. The molecule has 0 heterocycles. The molecule has 0 aromatic heterocycles. The lowest BCUT2D eigenvalue weighted by atomic mass is 10.2. The molecule has 2 atom stereocenters. The van der Waals surface area contributed by atoms with Crippen molar-refractivity contribution in [1.82, 2.24) is 5.32 Å². The third-order valence-electron chi connectivity index (χ3n) is 2.85. The van der Waals surface area contributed by atoms with E-state index in [-0.39, 0.29) is 18.2 Å². The van der Waals surface area contributed by atoms with Crippen LogP contribution in [0.25, 0.3) is 0 Å². The van der Waals surface area contributed by atoms with Gasteiger partial charge in [0.05, 0.1) is 11.3 Å². The average Bonchev–Trinajstić information content (AvgIpc) is 2.72. The summed E-state index contributed by atoms with van der Waals surface area (Å²) in [6, 6.07) is 0. The zero-order valence-electron chi connectivity index (χ0n) is 11.3. The summed E-state index contributed by atoms with van der Waals surface area (Å²) in [4.78, 5) is 11.6. The van der Waals surface area contributed by atoms with E-state index in [9.17, 15) is 13.2 Å². The molecular weight excluding hydrogens is 256 g/mol. The largest absolute Gasteiger partial charge is 0.444 e. The van der Waals surface area contributed by atoms with E-state index in [1.54, 1.807) is 20.8 Å². The van der Waals surface area contributed by atoms with Crippen LogP contribution >= 0.6 is 0 Å². The Hall–Kier alpha value is -0.820. The van der Waals surface area contributed by atoms with Crippen molar-refractivity contribution < 1.29 is 17.9 Å². The minimum absolute atomic E-state index is 0.0417. The predicted octanol–water partition coefficient (Wildman–Crippen LogP) is 0.273. The zero-order valence-corrected chi connectivity index (χ0v) is 12.1. The van der Waals surface area contributed by atoms with E-state index in [0.717, 1.165) is 0 Å². The molecule has 7 heteroatoms. The maximum atomic E-state index is 11.6. The first-order valence-corrected chi connectivity index (χ1v) is 7.92. The molecule has 1 rings (SSSR count). The van der Waals surface area contributed by atoms with E-state index < -0.39 is 27.1 Å². The molecule has 1 fully saturated rings. The standard InChI is InChI=1S/C11H22N2O4S/c1-10(2,3)17-9(14)13-11(7-12)5-8(11)6-18(4,15)16/h8H,5-7,12H2,1-4H3,(H,13,14)/t8-,11+/m0/s1. The summed E-state index contributed by atoms with van der Waals surface area (Å²) in [5.74, 6) is -0.0787. The summed E-state index contributed by atoms with van der Waals surface area (Å²) in [5.41, 5.74) is 4.42. The van der Waals surface area contributed by atoms with E-state index >= 15 is 0 Å². The lowest BCUT2D eigenvalue weighted by Crippen LogP contribution is -2.47. The highest BCUT2D eigenvalue weighted by molar-refractivity contribution is 7.90. The van der Waals surface area contributed by atoms with Crippen molar-refractivity contribution in [3.63, 3.8) is 0 Å². The molecule has 0 aliphatic heterocycles. The number of hydrogen-bond donors (Lipinski definition) is 2. The van der Waals surface area contributed by atoms with Gasteiger partial charge in [-0.1, -0.05) is 0 Å². The van der Waals surface area contributed by atoms with Gasteiger partial charge in [0.15, 0.2) is 0 Å². The molecule has 1 saturated carbocycles. The van der Waals surface area contributed by atoms with Gasteiger partial charge in [-0.25, -0.2) is 13.2 Å². The second kappa shape index (κ2) is 4.70. The van der Waals surface area contributed by atoms with Gasteiger partial charge in [0.25, 0.3) is 0 Å². The summed E-state index contributed by atoms with van der Waals surface area (Å²) in [6.45, 7) is 5.51. The van der Waals surface area contributed by atoms with Crippen LogP contribution in [-0.2, 0) is 14.6 Å².